The molecule has 1 N–H and O–H groups in total. The minimum atomic E-state index is -0.432. The van der Waals surface area contributed by atoms with Gasteiger partial charge in [-0.25, -0.2) is 0 Å². The maximum absolute atomic E-state index is 12.6. The Labute approximate surface area is 204 Å². The summed E-state index contributed by atoms with van der Waals surface area (Å²) >= 11 is 1.36. The maximum atomic E-state index is 12.6. The molecule has 176 valence electrons. The highest BCUT2D eigenvalue weighted by Crippen LogP contribution is 2.30. The first-order valence-electron chi connectivity index (χ1n) is 11.2. The van der Waals surface area contributed by atoms with Gasteiger partial charge in [0.15, 0.2) is 5.84 Å². The number of hydrogen-bond donors (Lipinski definition) is 1. The van der Waals surface area contributed by atoms with Crippen molar-refractivity contribution >= 4 is 39.8 Å². The van der Waals surface area contributed by atoms with Gasteiger partial charge in [0.2, 0.25) is 5.17 Å². The summed E-state index contributed by atoms with van der Waals surface area (Å²) < 4.78 is 11.7. The second-order valence-corrected chi connectivity index (χ2v) is 9.69. The number of nitrogens with zero attached hydrogens (tertiary/aromatic N) is 3. The van der Waals surface area contributed by atoms with Gasteiger partial charge in [0, 0.05) is 6.42 Å². The van der Waals surface area contributed by atoms with Gasteiger partial charge in [-0.2, -0.15) is 15.1 Å². The summed E-state index contributed by atoms with van der Waals surface area (Å²) in [5.74, 6) is 1.54. The van der Waals surface area contributed by atoms with Crippen LogP contribution in [0.25, 0.3) is 6.08 Å². The number of carbonyl (C=O) groups is 1. The Morgan fingerprint density at radius 1 is 1.12 bits per heavy atom. The second-order valence-electron chi connectivity index (χ2n) is 8.65. The lowest BCUT2D eigenvalue weighted by atomic mass is 10.1. The molecule has 0 saturated heterocycles. The summed E-state index contributed by atoms with van der Waals surface area (Å²) in [6.45, 7) is 9.09. The van der Waals surface area contributed by atoms with Gasteiger partial charge in [-0.1, -0.05) is 43.7 Å². The molecule has 2 aliphatic heterocycles. The molecule has 7 nitrogen and oxygen atoms in total. The number of nitrogens with one attached hydrogen (secondary N) is 1. The van der Waals surface area contributed by atoms with Crippen LogP contribution < -0.4 is 9.47 Å². The van der Waals surface area contributed by atoms with Crippen molar-refractivity contribution in [3.05, 3.63) is 64.7 Å². The van der Waals surface area contributed by atoms with Crippen LogP contribution >= 0.6 is 11.8 Å². The SMILES string of the molecule is Cc1ccc(OCCOc2cccc(/C=C3/C(=N)N4N=C(CC(C)C)SC4=NC3=O)c2)c(C)c1. The Balaban J connectivity index is 1.40. The topological polar surface area (TPSA) is 87.3 Å². The first kappa shape index (κ1) is 23.8. The molecule has 0 atom stereocenters. The lowest BCUT2D eigenvalue weighted by molar-refractivity contribution is -0.114. The molecule has 0 fully saturated rings. The van der Waals surface area contributed by atoms with Crippen LogP contribution in [0.1, 0.15) is 37.0 Å². The molecule has 34 heavy (non-hydrogen) atoms. The van der Waals surface area contributed by atoms with E-state index in [2.05, 4.69) is 36.9 Å². The standard InChI is InChI=1S/C26H28N4O3S/c1-16(2)12-23-29-30-24(27)21(25(31)28-26(30)34-23)15-19-6-5-7-20(14-19)32-10-11-33-22-9-8-17(3)13-18(22)4/h5-9,13-16,27H,10-12H2,1-4H3/b21-15-,27-24?. The van der Waals surface area contributed by atoms with E-state index in [0.717, 1.165) is 28.3 Å². The number of hydrazone groups is 1. The van der Waals surface area contributed by atoms with Crippen LogP contribution in [0.2, 0.25) is 0 Å². The number of aryl methyl sites for hydroxylation is 2. The van der Waals surface area contributed by atoms with Crippen LogP contribution in [0.15, 0.2) is 58.1 Å². The molecular formula is C26H28N4O3S. The van der Waals surface area contributed by atoms with Gasteiger partial charge in [-0.15, -0.1) is 0 Å². The summed E-state index contributed by atoms with van der Waals surface area (Å²) in [4.78, 5) is 16.8. The van der Waals surface area contributed by atoms with E-state index >= 15 is 0 Å². The number of thioether (sulfide) groups is 1. The third-order valence-corrected chi connectivity index (χ3v) is 6.12. The fourth-order valence-corrected chi connectivity index (χ4v) is 4.69. The van der Waals surface area contributed by atoms with Crippen molar-refractivity contribution in [2.24, 2.45) is 16.0 Å². The number of benzene rings is 2. The van der Waals surface area contributed by atoms with Gasteiger partial charge >= 0.3 is 0 Å². The number of rotatable bonds is 8. The van der Waals surface area contributed by atoms with Crippen molar-refractivity contribution in [1.29, 1.82) is 5.41 Å². The molecule has 2 aliphatic rings. The molecule has 0 aliphatic carbocycles. The Morgan fingerprint density at radius 2 is 1.91 bits per heavy atom. The molecule has 0 unspecified atom stereocenters. The summed E-state index contributed by atoms with van der Waals surface area (Å²) in [6, 6.07) is 13.5. The molecule has 2 aromatic rings. The monoisotopic (exact) mass is 476 g/mol. The van der Waals surface area contributed by atoms with Crippen molar-refractivity contribution in [3.8, 4) is 11.5 Å². The zero-order valence-electron chi connectivity index (χ0n) is 19.8. The summed E-state index contributed by atoms with van der Waals surface area (Å²) in [7, 11) is 0. The highest BCUT2D eigenvalue weighted by molar-refractivity contribution is 8.26. The minimum absolute atomic E-state index is 0.0365. The van der Waals surface area contributed by atoms with Crippen molar-refractivity contribution in [1.82, 2.24) is 5.01 Å². The van der Waals surface area contributed by atoms with Crippen LogP contribution in [0.5, 0.6) is 11.5 Å². The van der Waals surface area contributed by atoms with Crippen LogP contribution in [-0.4, -0.2) is 40.2 Å². The molecule has 2 heterocycles. The van der Waals surface area contributed by atoms with E-state index in [-0.39, 0.29) is 11.4 Å². The van der Waals surface area contributed by atoms with Crippen molar-refractivity contribution < 1.29 is 14.3 Å². The number of hydrogen-bond acceptors (Lipinski definition) is 6. The summed E-state index contributed by atoms with van der Waals surface area (Å²) in [5.41, 5.74) is 3.24. The third-order valence-electron chi connectivity index (χ3n) is 5.19. The Morgan fingerprint density at radius 3 is 2.68 bits per heavy atom. The highest BCUT2D eigenvalue weighted by atomic mass is 32.2. The molecule has 0 spiro atoms. The largest absolute Gasteiger partial charge is 0.490 e. The number of amides is 1. The maximum Gasteiger partial charge on any atom is 0.283 e. The van der Waals surface area contributed by atoms with Crippen LogP contribution in [0.4, 0.5) is 0 Å². The Bertz CT molecular complexity index is 1220. The van der Waals surface area contributed by atoms with Crippen molar-refractivity contribution in [3.63, 3.8) is 0 Å². The van der Waals surface area contributed by atoms with E-state index in [0.29, 0.717) is 30.0 Å². The van der Waals surface area contributed by atoms with Gasteiger partial charge in [0.1, 0.15) is 29.8 Å². The van der Waals surface area contributed by atoms with E-state index in [1.54, 1.807) is 6.08 Å². The summed E-state index contributed by atoms with van der Waals surface area (Å²) in [5, 5.41) is 15.8. The Hall–Kier alpha value is -3.39. The number of aliphatic imine (C=N–C) groups is 1. The van der Waals surface area contributed by atoms with Gasteiger partial charge in [-0.05, 0) is 66.9 Å². The number of carbonyl (C=O) groups excluding carboxylic acids is 1. The average molecular weight is 477 g/mol. The number of amidine groups is 2. The quantitative estimate of drug-likeness (QED) is 0.406. The third kappa shape index (κ3) is 5.56. The van der Waals surface area contributed by atoms with Gasteiger partial charge in [0.05, 0.1) is 5.57 Å². The molecule has 1 amide bonds. The molecular weight excluding hydrogens is 448 g/mol. The molecule has 8 heteroatoms. The number of ether oxygens (including phenoxy) is 2. The summed E-state index contributed by atoms with van der Waals surface area (Å²) in [6.07, 6.45) is 2.44. The van der Waals surface area contributed by atoms with Gasteiger partial charge in [0.25, 0.3) is 5.91 Å². The van der Waals surface area contributed by atoms with Gasteiger partial charge < -0.3 is 9.47 Å². The van der Waals surface area contributed by atoms with E-state index < -0.39 is 5.91 Å². The molecule has 2 aromatic carbocycles. The lowest BCUT2D eigenvalue weighted by Gasteiger charge is -2.20. The van der Waals surface area contributed by atoms with Crippen molar-refractivity contribution in [2.75, 3.05) is 13.2 Å². The molecule has 0 saturated carbocycles. The van der Waals surface area contributed by atoms with Crippen LogP contribution in [0.3, 0.4) is 0 Å². The predicted molar refractivity (Wildman–Crippen MR) is 138 cm³/mol. The second kappa shape index (κ2) is 10.3. The van der Waals surface area contributed by atoms with Crippen LogP contribution in [-0.2, 0) is 4.79 Å². The molecule has 0 radical (unpaired) electrons. The molecule has 0 bridgehead atoms. The fourth-order valence-electron chi connectivity index (χ4n) is 3.60. The highest BCUT2D eigenvalue weighted by Gasteiger charge is 2.35. The first-order valence-corrected chi connectivity index (χ1v) is 12.0. The minimum Gasteiger partial charge on any atom is -0.490 e. The zero-order chi connectivity index (χ0) is 24.2. The normalized spacial score (nSPS) is 16.6. The Kier molecular flexibility index (Phi) is 7.17. The lowest BCUT2D eigenvalue weighted by Crippen LogP contribution is -2.35. The van der Waals surface area contributed by atoms with Crippen molar-refractivity contribution in [2.45, 2.75) is 34.1 Å². The molecule has 0 aromatic heterocycles. The zero-order valence-corrected chi connectivity index (χ0v) is 20.6. The van der Waals surface area contributed by atoms with Crippen LogP contribution in [0, 0.1) is 25.2 Å². The van der Waals surface area contributed by atoms with E-state index in [1.807, 2.05) is 43.3 Å². The average Bonchev–Trinajstić information content (AvgIpc) is 3.17. The van der Waals surface area contributed by atoms with E-state index in [4.69, 9.17) is 14.9 Å². The van der Waals surface area contributed by atoms with Gasteiger partial charge in [-0.3, -0.25) is 10.2 Å². The molecule has 4 rings (SSSR count). The smallest absolute Gasteiger partial charge is 0.283 e. The van der Waals surface area contributed by atoms with E-state index in [9.17, 15) is 4.79 Å². The predicted octanol–water partition coefficient (Wildman–Crippen LogP) is 5.43. The fraction of sp³-hybridized carbons (Fsp3) is 0.308. The van der Waals surface area contributed by atoms with E-state index in [1.165, 1.54) is 22.3 Å². The number of fused-ring (bicyclic) bond motifs is 1. The first-order chi connectivity index (χ1) is 16.3.